The van der Waals surface area contributed by atoms with Crippen LogP contribution in [0.3, 0.4) is 0 Å². The van der Waals surface area contributed by atoms with Gasteiger partial charge in [-0.3, -0.25) is 4.99 Å². The van der Waals surface area contributed by atoms with Crippen molar-refractivity contribution in [2.75, 3.05) is 33.9 Å². The first-order chi connectivity index (χ1) is 9.08. The average molecular weight is 459 g/mol. The molecule has 0 bridgehead atoms. The van der Waals surface area contributed by atoms with E-state index in [0.717, 1.165) is 23.5 Å². The Morgan fingerprint density at radius 3 is 2.75 bits per heavy atom. The van der Waals surface area contributed by atoms with Gasteiger partial charge in [0.1, 0.15) is 0 Å². The Balaban J connectivity index is 0.00000361. The number of ether oxygens (including phenoxy) is 1. The molecule has 0 fully saturated rings. The van der Waals surface area contributed by atoms with E-state index in [1.165, 1.54) is 5.69 Å². The van der Waals surface area contributed by atoms with Crippen LogP contribution in [0.25, 0.3) is 0 Å². The predicted molar refractivity (Wildman–Crippen MR) is 97.8 cm³/mol. The van der Waals surface area contributed by atoms with E-state index >= 15 is 0 Å². The third-order valence-corrected chi connectivity index (χ3v) is 3.16. The highest BCUT2D eigenvalue weighted by molar-refractivity contribution is 14.0. The number of halogens is 2. The highest BCUT2D eigenvalue weighted by Gasteiger charge is 2.09. The summed E-state index contributed by atoms with van der Waals surface area (Å²) in [6.07, 6.45) is 2.05. The van der Waals surface area contributed by atoms with E-state index in [0.29, 0.717) is 13.2 Å². The fourth-order valence-corrected chi connectivity index (χ4v) is 2.33. The van der Waals surface area contributed by atoms with Crippen molar-refractivity contribution in [3.05, 3.63) is 22.4 Å². The molecular weight excluding hydrogens is 435 g/mol. The van der Waals surface area contributed by atoms with Gasteiger partial charge in [-0.2, -0.15) is 0 Å². The minimum Gasteiger partial charge on any atom is -0.383 e. The normalized spacial score (nSPS) is 11.2. The number of guanidine groups is 1. The monoisotopic (exact) mass is 458 g/mol. The summed E-state index contributed by atoms with van der Waals surface area (Å²) in [5.74, 6) is 0.900. The minimum atomic E-state index is 0. The van der Waals surface area contributed by atoms with Gasteiger partial charge in [0, 0.05) is 44.1 Å². The number of nitrogens with zero attached hydrogens (tertiary/aromatic N) is 3. The van der Waals surface area contributed by atoms with Crippen LogP contribution in [-0.2, 0) is 18.3 Å². The standard InChI is InChI=1S/C13H23BrN4O.HI/c1-5-15-13(16-6-7-19-4)18(3)10-12-8-11(14)9-17(12)2;/h8-9H,5-7,10H2,1-4H3,(H,15,16);1H. The van der Waals surface area contributed by atoms with Crippen LogP contribution in [0, 0.1) is 0 Å². The summed E-state index contributed by atoms with van der Waals surface area (Å²) < 4.78 is 8.23. The molecule has 0 aliphatic heterocycles. The highest BCUT2D eigenvalue weighted by atomic mass is 127. The van der Waals surface area contributed by atoms with E-state index in [4.69, 9.17) is 4.74 Å². The summed E-state index contributed by atoms with van der Waals surface area (Å²) in [6, 6.07) is 2.12. The summed E-state index contributed by atoms with van der Waals surface area (Å²) >= 11 is 3.49. The molecule has 0 spiro atoms. The van der Waals surface area contributed by atoms with Crippen molar-refractivity contribution in [3.8, 4) is 0 Å². The second-order valence-corrected chi connectivity index (χ2v) is 5.26. The second kappa shape index (κ2) is 10.4. The molecule has 1 aromatic rings. The molecule has 1 rings (SSSR count). The molecule has 0 saturated heterocycles. The first-order valence-corrected chi connectivity index (χ1v) is 7.17. The summed E-state index contributed by atoms with van der Waals surface area (Å²) in [5, 5.41) is 3.29. The number of nitrogens with one attached hydrogen (secondary N) is 1. The Bertz CT molecular complexity index is 423. The van der Waals surface area contributed by atoms with Crippen LogP contribution in [0.2, 0.25) is 0 Å². The molecule has 1 aromatic heterocycles. The van der Waals surface area contributed by atoms with Crippen molar-refractivity contribution in [2.24, 2.45) is 12.0 Å². The lowest BCUT2D eigenvalue weighted by Gasteiger charge is -2.22. The van der Waals surface area contributed by atoms with E-state index in [2.05, 4.69) is 54.9 Å². The molecule has 1 heterocycles. The second-order valence-electron chi connectivity index (χ2n) is 4.35. The van der Waals surface area contributed by atoms with Gasteiger partial charge >= 0.3 is 0 Å². The van der Waals surface area contributed by atoms with Gasteiger partial charge in [0.15, 0.2) is 5.96 Å². The topological polar surface area (TPSA) is 41.8 Å². The zero-order valence-corrected chi connectivity index (χ0v) is 16.4. The van der Waals surface area contributed by atoms with Gasteiger partial charge in [-0.25, -0.2) is 0 Å². The molecule has 0 aliphatic carbocycles. The van der Waals surface area contributed by atoms with Crippen molar-refractivity contribution in [3.63, 3.8) is 0 Å². The molecule has 0 aliphatic rings. The molecule has 0 aromatic carbocycles. The number of aryl methyl sites for hydroxylation is 1. The van der Waals surface area contributed by atoms with Crippen LogP contribution in [-0.4, -0.2) is 49.3 Å². The van der Waals surface area contributed by atoms with Crippen LogP contribution in [0.1, 0.15) is 12.6 Å². The van der Waals surface area contributed by atoms with Crippen LogP contribution in [0.5, 0.6) is 0 Å². The molecule has 5 nitrogen and oxygen atoms in total. The molecule has 20 heavy (non-hydrogen) atoms. The summed E-state index contributed by atoms with van der Waals surface area (Å²) in [5.41, 5.74) is 1.23. The van der Waals surface area contributed by atoms with Crippen LogP contribution in [0.4, 0.5) is 0 Å². The highest BCUT2D eigenvalue weighted by Crippen LogP contribution is 2.14. The fourth-order valence-electron chi connectivity index (χ4n) is 1.75. The average Bonchev–Trinajstić information content (AvgIpc) is 2.67. The van der Waals surface area contributed by atoms with Gasteiger partial charge in [0.05, 0.1) is 19.7 Å². The van der Waals surface area contributed by atoms with Crippen molar-refractivity contribution in [1.82, 2.24) is 14.8 Å². The first-order valence-electron chi connectivity index (χ1n) is 6.37. The number of hydrogen-bond donors (Lipinski definition) is 1. The maximum absolute atomic E-state index is 5.03. The lowest BCUT2D eigenvalue weighted by atomic mass is 10.4. The summed E-state index contributed by atoms with van der Waals surface area (Å²) in [7, 11) is 5.77. The van der Waals surface area contributed by atoms with E-state index in [1.807, 2.05) is 14.1 Å². The lowest BCUT2D eigenvalue weighted by molar-refractivity contribution is 0.207. The number of aromatic nitrogens is 1. The van der Waals surface area contributed by atoms with Crippen molar-refractivity contribution in [2.45, 2.75) is 13.5 Å². The van der Waals surface area contributed by atoms with Gasteiger partial charge in [0.25, 0.3) is 0 Å². The molecule has 116 valence electrons. The zero-order valence-electron chi connectivity index (χ0n) is 12.5. The van der Waals surface area contributed by atoms with Crippen LogP contribution >= 0.6 is 39.9 Å². The Labute approximate surface area is 146 Å². The van der Waals surface area contributed by atoms with Gasteiger partial charge in [-0.15, -0.1) is 24.0 Å². The predicted octanol–water partition coefficient (Wildman–Crippen LogP) is 2.45. The summed E-state index contributed by atoms with van der Waals surface area (Å²) in [6.45, 7) is 5.03. The van der Waals surface area contributed by atoms with E-state index in [1.54, 1.807) is 7.11 Å². The smallest absolute Gasteiger partial charge is 0.194 e. The van der Waals surface area contributed by atoms with E-state index in [-0.39, 0.29) is 24.0 Å². The maximum atomic E-state index is 5.03. The lowest BCUT2D eigenvalue weighted by Crippen LogP contribution is -2.39. The quantitative estimate of drug-likeness (QED) is 0.308. The Morgan fingerprint density at radius 2 is 2.25 bits per heavy atom. The SMILES string of the molecule is CCNC(=NCCOC)N(C)Cc1cc(Br)cn1C.I. The largest absolute Gasteiger partial charge is 0.383 e. The third kappa shape index (κ3) is 6.45. The van der Waals surface area contributed by atoms with Crippen molar-refractivity contribution in [1.29, 1.82) is 0 Å². The third-order valence-electron chi connectivity index (χ3n) is 2.73. The molecule has 0 amide bonds. The first kappa shape index (κ1) is 19.7. The molecular formula is C13H24BrIN4O. The Kier molecular flexibility index (Phi) is 10.3. The molecule has 1 N–H and O–H groups in total. The molecule has 7 heteroatoms. The van der Waals surface area contributed by atoms with Crippen LogP contribution < -0.4 is 5.32 Å². The van der Waals surface area contributed by atoms with E-state index < -0.39 is 0 Å². The van der Waals surface area contributed by atoms with Crippen molar-refractivity contribution < 1.29 is 4.74 Å². The van der Waals surface area contributed by atoms with Crippen LogP contribution in [0.15, 0.2) is 21.7 Å². The van der Waals surface area contributed by atoms with Crippen molar-refractivity contribution >= 4 is 45.9 Å². The van der Waals surface area contributed by atoms with Gasteiger partial charge in [-0.05, 0) is 28.9 Å². The molecule has 0 atom stereocenters. The number of hydrogen-bond acceptors (Lipinski definition) is 2. The van der Waals surface area contributed by atoms with E-state index in [9.17, 15) is 0 Å². The Hall–Kier alpha value is -0.280. The van der Waals surface area contributed by atoms with Gasteiger partial charge in [0.2, 0.25) is 0 Å². The molecule has 0 saturated carbocycles. The Morgan fingerprint density at radius 1 is 1.55 bits per heavy atom. The maximum Gasteiger partial charge on any atom is 0.194 e. The molecule has 0 unspecified atom stereocenters. The van der Waals surface area contributed by atoms with Gasteiger partial charge in [-0.1, -0.05) is 0 Å². The summed E-state index contributed by atoms with van der Waals surface area (Å²) in [4.78, 5) is 6.63. The number of aliphatic imine (C=N–C) groups is 1. The minimum absolute atomic E-state index is 0. The number of methoxy groups -OCH3 is 1. The number of rotatable bonds is 6. The van der Waals surface area contributed by atoms with Gasteiger partial charge < -0.3 is 19.5 Å². The zero-order chi connectivity index (χ0) is 14.3. The molecule has 0 radical (unpaired) electrons. The fraction of sp³-hybridized carbons (Fsp3) is 0.615.